The van der Waals surface area contributed by atoms with Gasteiger partial charge in [-0.3, -0.25) is 4.79 Å². The van der Waals surface area contributed by atoms with Crippen LogP contribution in [0.2, 0.25) is 5.02 Å². The van der Waals surface area contributed by atoms with Crippen LogP contribution in [0.5, 0.6) is 0 Å². The zero-order valence-electron chi connectivity index (χ0n) is 15.1. The minimum Gasteiger partial charge on any atom is -0.344 e. The zero-order valence-corrected chi connectivity index (χ0v) is 16.7. The summed E-state index contributed by atoms with van der Waals surface area (Å²) in [6, 6.07) is 1.42. The van der Waals surface area contributed by atoms with E-state index in [1.807, 2.05) is 0 Å². The molecule has 1 aliphatic carbocycles. The molecule has 3 rings (SSSR count). The average Bonchev–Trinajstić information content (AvgIpc) is 2.84. The molecule has 0 saturated heterocycles. The summed E-state index contributed by atoms with van der Waals surface area (Å²) in [5.41, 5.74) is -3.36. The van der Waals surface area contributed by atoms with E-state index in [1.54, 1.807) is 4.72 Å². The summed E-state index contributed by atoms with van der Waals surface area (Å²) in [6.45, 7) is 0. The number of halogens is 6. The molecule has 0 spiro atoms. The summed E-state index contributed by atoms with van der Waals surface area (Å²) in [5.74, 6) is -3.47. The number of alkyl halides is 3. The Morgan fingerprint density at radius 1 is 1.23 bits per heavy atom. The molecule has 30 heavy (non-hydrogen) atoms. The SMILES string of the molecule is Cn1cc(S(=O)(=O)NC2(C(F)(F)F)CCC2)c(Cl)c1C(=O)Nc1cc(F)nc(F)c1. The van der Waals surface area contributed by atoms with Crippen LogP contribution in [0, 0.1) is 11.9 Å². The normalized spacial score (nSPS) is 16.2. The Morgan fingerprint density at radius 3 is 2.27 bits per heavy atom. The summed E-state index contributed by atoms with van der Waals surface area (Å²) in [5, 5.41) is 1.48. The van der Waals surface area contributed by atoms with Gasteiger partial charge < -0.3 is 9.88 Å². The monoisotopic (exact) mass is 472 g/mol. The smallest absolute Gasteiger partial charge is 0.344 e. The number of amides is 1. The van der Waals surface area contributed by atoms with Crippen molar-refractivity contribution in [1.82, 2.24) is 14.3 Å². The largest absolute Gasteiger partial charge is 0.407 e. The van der Waals surface area contributed by atoms with Crippen LogP contribution >= 0.6 is 11.6 Å². The van der Waals surface area contributed by atoms with Crippen molar-refractivity contribution in [2.45, 2.75) is 35.9 Å². The van der Waals surface area contributed by atoms with Crippen molar-refractivity contribution in [2.24, 2.45) is 7.05 Å². The van der Waals surface area contributed by atoms with E-state index in [-0.39, 0.29) is 12.1 Å². The third kappa shape index (κ3) is 4.01. The van der Waals surface area contributed by atoms with Crippen LogP contribution in [-0.4, -0.2) is 35.6 Å². The van der Waals surface area contributed by atoms with Crippen molar-refractivity contribution >= 4 is 33.2 Å². The zero-order chi connectivity index (χ0) is 22.5. The highest BCUT2D eigenvalue weighted by Gasteiger charge is 2.60. The topological polar surface area (TPSA) is 93.1 Å². The first kappa shape index (κ1) is 22.4. The Balaban J connectivity index is 1.92. The Kier molecular flexibility index (Phi) is 5.58. The number of hydrogen-bond acceptors (Lipinski definition) is 4. The van der Waals surface area contributed by atoms with Crippen molar-refractivity contribution in [3.8, 4) is 0 Å². The van der Waals surface area contributed by atoms with E-state index in [0.717, 1.165) is 10.8 Å². The Morgan fingerprint density at radius 2 is 1.80 bits per heavy atom. The molecule has 0 atom stereocenters. The number of hydrogen-bond donors (Lipinski definition) is 2. The fourth-order valence-corrected chi connectivity index (χ4v) is 5.18. The van der Waals surface area contributed by atoms with Crippen molar-refractivity contribution in [3.05, 3.63) is 40.9 Å². The lowest BCUT2D eigenvalue weighted by Gasteiger charge is -2.43. The molecule has 2 aromatic heterocycles. The molecule has 1 saturated carbocycles. The maximum Gasteiger partial charge on any atom is 0.407 e. The molecule has 0 bridgehead atoms. The third-order valence-corrected chi connectivity index (χ3v) is 6.74. The van der Waals surface area contributed by atoms with E-state index in [9.17, 15) is 35.2 Å². The number of rotatable bonds is 5. The molecular formula is C16H14ClF5N4O3S. The summed E-state index contributed by atoms with van der Waals surface area (Å²) in [7, 11) is -3.51. The van der Waals surface area contributed by atoms with E-state index in [0.29, 0.717) is 12.1 Å². The van der Waals surface area contributed by atoms with Gasteiger partial charge in [-0.15, -0.1) is 0 Å². The van der Waals surface area contributed by atoms with Crippen molar-refractivity contribution in [2.75, 3.05) is 5.32 Å². The minimum absolute atomic E-state index is 0.192. The fraction of sp³-hybridized carbons (Fsp3) is 0.375. The predicted octanol–water partition coefficient (Wildman–Crippen LogP) is 3.37. The summed E-state index contributed by atoms with van der Waals surface area (Å²) in [4.78, 5) is 14.6. The number of nitrogens with zero attached hydrogens (tertiary/aromatic N) is 2. The first-order chi connectivity index (χ1) is 13.8. The minimum atomic E-state index is -4.81. The first-order valence-electron chi connectivity index (χ1n) is 8.36. The van der Waals surface area contributed by atoms with Gasteiger partial charge in [0.25, 0.3) is 5.91 Å². The lowest BCUT2D eigenvalue weighted by Crippen LogP contribution is -2.62. The fourth-order valence-electron chi connectivity index (χ4n) is 3.03. The maximum absolute atomic E-state index is 13.3. The molecule has 0 radical (unpaired) electrons. The highest BCUT2D eigenvalue weighted by Crippen LogP contribution is 2.46. The first-order valence-corrected chi connectivity index (χ1v) is 10.2. The Labute approximate surface area is 172 Å². The van der Waals surface area contributed by atoms with Gasteiger partial charge in [-0.05, 0) is 19.3 Å². The number of aryl methyl sites for hydroxylation is 1. The Hall–Kier alpha value is -2.25. The second-order valence-electron chi connectivity index (χ2n) is 6.76. The molecule has 2 aromatic rings. The van der Waals surface area contributed by atoms with Gasteiger partial charge in [0.1, 0.15) is 16.1 Å². The molecule has 1 aliphatic rings. The number of carbonyl (C=O) groups excluding carboxylic acids is 1. The molecule has 1 amide bonds. The molecule has 7 nitrogen and oxygen atoms in total. The molecule has 2 N–H and O–H groups in total. The number of aromatic nitrogens is 2. The molecule has 164 valence electrons. The number of anilines is 1. The molecule has 1 fully saturated rings. The quantitative estimate of drug-likeness (QED) is 0.515. The Bertz CT molecular complexity index is 1090. The van der Waals surface area contributed by atoms with Gasteiger partial charge in [-0.1, -0.05) is 11.6 Å². The van der Waals surface area contributed by atoms with E-state index < -0.39 is 68.0 Å². The van der Waals surface area contributed by atoms with Gasteiger partial charge in [0.15, 0.2) is 0 Å². The lowest BCUT2D eigenvalue weighted by atomic mass is 9.77. The van der Waals surface area contributed by atoms with Crippen LogP contribution in [-0.2, 0) is 17.1 Å². The van der Waals surface area contributed by atoms with Gasteiger partial charge in [0, 0.05) is 25.4 Å². The molecule has 0 unspecified atom stereocenters. The molecule has 2 heterocycles. The molecular weight excluding hydrogens is 459 g/mol. The van der Waals surface area contributed by atoms with E-state index in [1.165, 1.54) is 7.05 Å². The summed E-state index contributed by atoms with van der Waals surface area (Å²) in [6.07, 6.45) is -4.60. The highest BCUT2D eigenvalue weighted by molar-refractivity contribution is 7.89. The van der Waals surface area contributed by atoms with Crippen LogP contribution in [0.4, 0.5) is 27.6 Å². The van der Waals surface area contributed by atoms with Gasteiger partial charge in [-0.25, -0.2) is 8.42 Å². The number of sulfonamides is 1. The molecule has 14 heteroatoms. The van der Waals surface area contributed by atoms with Gasteiger partial charge in [0.2, 0.25) is 21.9 Å². The van der Waals surface area contributed by atoms with Crippen molar-refractivity contribution < 1.29 is 35.2 Å². The number of pyridine rings is 1. The van der Waals surface area contributed by atoms with Crippen molar-refractivity contribution in [3.63, 3.8) is 0 Å². The van der Waals surface area contributed by atoms with Crippen LogP contribution in [0.3, 0.4) is 0 Å². The van der Waals surface area contributed by atoms with Crippen LogP contribution in [0.15, 0.2) is 23.2 Å². The second-order valence-corrected chi connectivity index (χ2v) is 8.79. The number of nitrogens with one attached hydrogen (secondary N) is 2. The number of carbonyl (C=O) groups is 1. The standard InChI is InChI=1S/C16H14ClF5N4O3S/c1-26-7-9(30(28,29)25-15(3-2-4-15)16(20,21)22)12(17)13(26)14(27)23-8-5-10(18)24-11(19)6-8/h5-7,25H,2-4H2,1H3,(H,23,24,27). The van der Waals surface area contributed by atoms with E-state index in [2.05, 4.69) is 10.3 Å². The summed E-state index contributed by atoms with van der Waals surface area (Å²) < 4.78 is 94.2. The van der Waals surface area contributed by atoms with Crippen LogP contribution in [0.25, 0.3) is 0 Å². The average molecular weight is 473 g/mol. The van der Waals surface area contributed by atoms with E-state index >= 15 is 0 Å². The lowest BCUT2D eigenvalue weighted by molar-refractivity contribution is -0.212. The van der Waals surface area contributed by atoms with Gasteiger partial charge in [0.05, 0.1) is 10.7 Å². The predicted molar refractivity (Wildman–Crippen MR) is 95.5 cm³/mol. The molecule has 0 aromatic carbocycles. The van der Waals surface area contributed by atoms with Crippen LogP contribution < -0.4 is 10.0 Å². The van der Waals surface area contributed by atoms with Crippen LogP contribution in [0.1, 0.15) is 29.8 Å². The van der Waals surface area contributed by atoms with E-state index in [4.69, 9.17) is 11.6 Å². The third-order valence-electron chi connectivity index (χ3n) is 4.69. The summed E-state index contributed by atoms with van der Waals surface area (Å²) >= 11 is 6.00. The molecule has 0 aliphatic heterocycles. The highest BCUT2D eigenvalue weighted by atomic mass is 35.5. The van der Waals surface area contributed by atoms with Crippen molar-refractivity contribution in [1.29, 1.82) is 0 Å². The maximum atomic E-state index is 13.3. The van der Waals surface area contributed by atoms with Gasteiger partial charge >= 0.3 is 6.18 Å². The van der Waals surface area contributed by atoms with Gasteiger partial charge in [-0.2, -0.15) is 31.7 Å². The second kappa shape index (κ2) is 7.46.